The van der Waals surface area contributed by atoms with Crippen molar-refractivity contribution < 1.29 is 9.32 Å². The van der Waals surface area contributed by atoms with Gasteiger partial charge in [0.1, 0.15) is 11.0 Å². The van der Waals surface area contributed by atoms with Gasteiger partial charge in [-0.1, -0.05) is 47.3 Å². The molecule has 0 aliphatic carbocycles. The van der Waals surface area contributed by atoms with Gasteiger partial charge in [-0.3, -0.25) is 4.79 Å². The van der Waals surface area contributed by atoms with Gasteiger partial charge in [0.15, 0.2) is 11.0 Å². The van der Waals surface area contributed by atoms with Crippen LogP contribution in [0.25, 0.3) is 0 Å². The van der Waals surface area contributed by atoms with Gasteiger partial charge in [-0.25, -0.2) is 9.97 Å². The largest absolute Gasteiger partial charge is 0.360 e. The van der Waals surface area contributed by atoms with Crippen molar-refractivity contribution in [1.29, 1.82) is 0 Å². The number of hydrogen-bond acceptors (Lipinski definition) is 6. The van der Waals surface area contributed by atoms with Gasteiger partial charge in [0.2, 0.25) is 5.91 Å². The molecular weight excluding hydrogens is 336 g/mol. The van der Waals surface area contributed by atoms with Gasteiger partial charge in [-0.05, 0) is 32.4 Å². The van der Waals surface area contributed by atoms with Crippen molar-refractivity contribution in [2.75, 3.05) is 5.32 Å². The van der Waals surface area contributed by atoms with Gasteiger partial charge >= 0.3 is 0 Å². The second kappa shape index (κ2) is 7.48. The molecule has 0 aliphatic heterocycles. The molecule has 1 amide bonds. The van der Waals surface area contributed by atoms with E-state index >= 15 is 0 Å². The lowest BCUT2D eigenvalue weighted by Crippen LogP contribution is -2.19. The molecule has 0 aliphatic rings. The summed E-state index contributed by atoms with van der Waals surface area (Å²) in [4.78, 5) is 21.7. The van der Waals surface area contributed by atoms with Crippen LogP contribution >= 0.6 is 11.8 Å². The second-order valence-corrected chi connectivity index (χ2v) is 6.73. The van der Waals surface area contributed by atoms with Crippen molar-refractivity contribution >= 4 is 23.5 Å². The zero-order valence-electron chi connectivity index (χ0n) is 14.2. The van der Waals surface area contributed by atoms with E-state index in [2.05, 4.69) is 20.4 Å². The van der Waals surface area contributed by atoms with Crippen LogP contribution < -0.4 is 5.32 Å². The fraction of sp³-hybridized carbons (Fsp3) is 0.222. The van der Waals surface area contributed by atoms with E-state index in [1.54, 1.807) is 13.0 Å². The third kappa shape index (κ3) is 4.45. The summed E-state index contributed by atoms with van der Waals surface area (Å²) in [5.41, 5.74) is 2.61. The number of benzene rings is 1. The molecule has 7 heteroatoms. The summed E-state index contributed by atoms with van der Waals surface area (Å²) >= 11 is 1.31. The molecule has 128 valence electrons. The molecule has 0 spiro atoms. The third-order valence-corrected chi connectivity index (χ3v) is 4.52. The minimum atomic E-state index is -0.501. The first-order valence-electron chi connectivity index (χ1n) is 7.79. The van der Waals surface area contributed by atoms with Crippen LogP contribution in [0.3, 0.4) is 0 Å². The number of hydrogen-bond donors (Lipinski definition) is 1. The zero-order chi connectivity index (χ0) is 17.8. The van der Waals surface area contributed by atoms with Crippen LogP contribution in [0.1, 0.15) is 28.0 Å². The van der Waals surface area contributed by atoms with E-state index in [9.17, 15) is 4.79 Å². The Kier molecular flexibility index (Phi) is 5.14. The van der Waals surface area contributed by atoms with E-state index in [1.807, 2.05) is 50.2 Å². The monoisotopic (exact) mass is 354 g/mol. The van der Waals surface area contributed by atoms with Gasteiger partial charge in [0.25, 0.3) is 0 Å². The lowest BCUT2D eigenvalue weighted by Gasteiger charge is -2.15. The molecule has 6 nitrogen and oxygen atoms in total. The fourth-order valence-corrected chi connectivity index (χ4v) is 3.43. The summed E-state index contributed by atoms with van der Waals surface area (Å²) in [6.45, 7) is 5.60. The van der Waals surface area contributed by atoms with Crippen molar-refractivity contribution in [1.82, 2.24) is 15.1 Å². The lowest BCUT2D eigenvalue weighted by molar-refractivity contribution is -0.115. The molecule has 25 heavy (non-hydrogen) atoms. The zero-order valence-corrected chi connectivity index (χ0v) is 15.0. The number of thioether (sulfide) groups is 1. The average Bonchev–Trinajstić information content (AvgIpc) is 2.97. The quantitative estimate of drug-likeness (QED) is 0.553. The normalized spacial score (nSPS) is 12.0. The number of rotatable bonds is 5. The lowest BCUT2D eigenvalue weighted by atomic mass is 10.1. The Morgan fingerprint density at radius 2 is 1.76 bits per heavy atom. The van der Waals surface area contributed by atoms with Gasteiger partial charge in [0.05, 0.1) is 0 Å². The van der Waals surface area contributed by atoms with Crippen LogP contribution in [0.15, 0.2) is 52.1 Å². The third-order valence-electron chi connectivity index (χ3n) is 3.40. The molecule has 2 heterocycles. The Balaban J connectivity index is 1.88. The maximum Gasteiger partial charge on any atom is 0.243 e. The van der Waals surface area contributed by atoms with E-state index in [0.717, 1.165) is 17.0 Å². The summed E-state index contributed by atoms with van der Waals surface area (Å²) in [5.74, 6) is 0.828. The summed E-state index contributed by atoms with van der Waals surface area (Å²) in [6, 6.07) is 13.1. The highest BCUT2D eigenvalue weighted by Gasteiger charge is 2.24. The van der Waals surface area contributed by atoms with Gasteiger partial charge in [-0.2, -0.15) is 0 Å². The Morgan fingerprint density at radius 3 is 2.36 bits per heavy atom. The van der Waals surface area contributed by atoms with Gasteiger partial charge in [0, 0.05) is 17.5 Å². The molecule has 0 radical (unpaired) electrons. The summed E-state index contributed by atoms with van der Waals surface area (Å²) in [5, 5.41) is 6.68. The molecule has 0 bridgehead atoms. The second-order valence-electron chi connectivity index (χ2n) is 5.65. The molecule has 1 N–H and O–H groups in total. The first kappa shape index (κ1) is 17.2. The standard InChI is InChI=1S/C18H18N4O2S/c1-11-9-12(2)20-18(19-11)25-16(14-7-5-4-6-8-14)17(23)21-15-10-13(3)24-22-15/h4-10,16H,1-3H3,(H,21,22,23)/t16-/m1/s1. The number of carbonyl (C=O) groups excluding carboxylic acids is 1. The van der Waals surface area contributed by atoms with Crippen molar-refractivity contribution in [3.05, 3.63) is 65.2 Å². The number of carbonyl (C=O) groups is 1. The molecule has 0 unspecified atom stereocenters. The average molecular weight is 354 g/mol. The molecule has 0 fully saturated rings. The maximum absolute atomic E-state index is 12.8. The Bertz CT molecular complexity index is 860. The fourth-order valence-electron chi connectivity index (χ4n) is 2.37. The first-order chi connectivity index (χ1) is 12.0. The molecule has 1 aromatic carbocycles. The first-order valence-corrected chi connectivity index (χ1v) is 8.67. The van der Waals surface area contributed by atoms with E-state index < -0.39 is 5.25 Å². The highest BCUT2D eigenvalue weighted by atomic mass is 32.2. The van der Waals surface area contributed by atoms with Crippen molar-refractivity contribution in [3.63, 3.8) is 0 Å². The van der Waals surface area contributed by atoms with Crippen LogP contribution in [-0.2, 0) is 4.79 Å². The van der Waals surface area contributed by atoms with E-state index in [4.69, 9.17) is 4.52 Å². The highest BCUT2D eigenvalue weighted by Crippen LogP contribution is 2.34. The number of nitrogens with one attached hydrogen (secondary N) is 1. The molecule has 2 aromatic heterocycles. The number of amides is 1. The number of aromatic nitrogens is 3. The molecule has 0 saturated heterocycles. The smallest absolute Gasteiger partial charge is 0.243 e. The number of aryl methyl sites for hydroxylation is 3. The molecular formula is C18H18N4O2S. The van der Waals surface area contributed by atoms with Crippen LogP contribution in [0.2, 0.25) is 0 Å². The van der Waals surface area contributed by atoms with Gasteiger partial charge in [-0.15, -0.1) is 0 Å². The highest BCUT2D eigenvalue weighted by molar-refractivity contribution is 8.00. The molecule has 3 aromatic rings. The minimum absolute atomic E-state index is 0.202. The Labute approximate surface area is 150 Å². The van der Waals surface area contributed by atoms with E-state index in [-0.39, 0.29) is 5.91 Å². The summed E-state index contributed by atoms with van der Waals surface area (Å²) < 4.78 is 5.00. The van der Waals surface area contributed by atoms with Crippen molar-refractivity contribution in [2.45, 2.75) is 31.2 Å². The minimum Gasteiger partial charge on any atom is -0.360 e. The topological polar surface area (TPSA) is 80.9 Å². The SMILES string of the molecule is Cc1cc(C)nc(S[C@@H](C(=O)Nc2cc(C)on2)c2ccccc2)n1. The predicted octanol–water partition coefficient (Wildman–Crippen LogP) is 3.86. The van der Waals surface area contributed by atoms with Crippen molar-refractivity contribution in [2.24, 2.45) is 0 Å². The Hall–Kier alpha value is -2.67. The number of anilines is 1. The van der Waals surface area contributed by atoms with Gasteiger partial charge < -0.3 is 9.84 Å². The molecule has 3 rings (SSSR count). The summed E-state index contributed by atoms with van der Waals surface area (Å²) in [6.07, 6.45) is 0. The van der Waals surface area contributed by atoms with E-state index in [1.165, 1.54) is 11.8 Å². The van der Waals surface area contributed by atoms with Crippen molar-refractivity contribution in [3.8, 4) is 0 Å². The maximum atomic E-state index is 12.8. The van der Waals surface area contributed by atoms with Crippen LogP contribution in [0.5, 0.6) is 0 Å². The number of nitrogens with zero attached hydrogens (tertiary/aromatic N) is 3. The summed E-state index contributed by atoms with van der Waals surface area (Å²) in [7, 11) is 0. The van der Waals surface area contributed by atoms with Crippen LogP contribution in [-0.4, -0.2) is 21.0 Å². The van der Waals surface area contributed by atoms with Crippen LogP contribution in [0, 0.1) is 20.8 Å². The van der Waals surface area contributed by atoms with Crippen LogP contribution in [0.4, 0.5) is 5.82 Å². The van der Waals surface area contributed by atoms with E-state index in [0.29, 0.717) is 16.7 Å². The predicted molar refractivity (Wildman–Crippen MR) is 96.4 cm³/mol. The molecule has 0 saturated carbocycles. The molecule has 1 atom stereocenters. The Morgan fingerprint density at radius 1 is 1.08 bits per heavy atom.